The van der Waals surface area contributed by atoms with Gasteiger partial charge in [0.25, 0.3) is 0 Å². The van der Waals surface area contributed by atoms with Crippen LogP contribution in [0.4, 0.5) is 0 Å². The SMILES string of the molecule is [CH2]CC/C=C/CCCCCCCCCCCCCCCCCCCCCC[CH2]. The molecule has 0 spiro atoms. The van der Waals surface area contributed by atoms with E-state index in [0.717, 1.165) is 19.3 Å². The van der Waals surface area contributed by atoms with E-state index >= 15 is 0 Å². The highest BCUT2D eigenvalue weighted by Crippen LogP contribution is 2.15. The molecule has 0 heteroatoms. The van der Waals surface area contributed by atoms with Crippen LogP contribution in [-0.2, 0) is 0 Å². The zero-order chi connectivity index (χ0) is 20.4. The van der Waals surface area contributed by atoms with Crippen molar-refractivity contribution in [3.05, 3.63) is 26.0 Å². The second-order valence-electron chi connectivity index (χ2n) is 8.83. The fourth-order valence-corrected chi connectivity index (χ4v) is 3.97. The van der Waals surface area contributed by atoms with Crippen molar-refractivity contribution in [3.63, 3.8) is 0 Å². The van der Waals surface area contributed by atoms with Crippen molar-refractivity contribution in [2.24, 2.45) is 0 Å². The van der Waals surface area contributed by atoms with E-state index in [-0.39, 0.29) is 0 Å². The van der Waals surface area contributed by atoms with Crippen LogP contribution in [0.5, 0.6) is 0 Å². The van der Waals surface area contributed by atoms with Crippen molar-refractivity contribution < 1.29 is 0 Å². The summed E-state index contributed by atoms with van der Waals surface area (Å²) in [6.07, 6.45) is 38.2. The topological polar surface area (TPSA) is 0 Å². The normalized spacial score (nSPS) is 11.6. The molecule has 0 N–H and O–H groups in total. The van der Waals surface area contributed by atoms with Gasteiger partial charge >= 0.3 is 0 Å². The average Bonchev–Trinajstić information content (AvgIpc) is 2.71. The largest absolute Gasteiger partial charge is 0.0885 e. The highest BCUT2D eigenvalue weighted by molar-refractivity contribution is 4.81. The molecule has 0 amide bonds. The van der Waals surface area contributed by atoms with Crippen LogP contribution >= 0.6 is 0 Å². The Labute approximate surface area is 180 Å². The van der Waals surface area contributed by atoms with Crippen LogP contribution in [0.2, 0.25) is 0 Å². The molecule has 0 aliphatic rings. The molecule has 0 aliphatic heterocycles. The molecule has 0 nitrogen and oxygen atoms in total. The number of hydrogen-bond donors (Lipinski definition) is 0. The summed E-state index contributed by atoms with van der Waals surface area (Å²) < 4.78 is 0. The van der Waals surface area contributed by atoms with Crippen LogP contribution in [0.3, 0.4) is 0 Å². The fraction of sp³-hybridized carbons (Fsp3) is 0.857. The van der Waals surface area contributed by atoms with Crippen LogP contribution in [0, 0.1) is 13.8 Å². The lowest BCUT2D eigenvalue weighted by molar-refractivity contribution is 0.521. The molecule has 0 aromatic rings. The van der Waals surface area contributed by atoms with E-state index in [1.54, 1.807) is 0 Å². The lowest BCUT2D eigenvalue weighted by atomic mass is 10.0. The number of hydrogen-bond acceptors (Lipinski definition) is 0. The summed E-state index contributed by atoms with van der Waals surface area (Å²) in [7, 11) is 0. The predicted octanol–water partition coefficient (Wildman–Crippen LogP) is 10.6. The summed E-state index contributed by atoms with van der Waals surface area (Å²) in [5, 5.41) is 0. The predicted molar refractivity (Wildman–Crippen MR) is 131 cm³/mol. The Morgan fingerprint density at radius 1 is 0.286 bits per heavy atom. The van der Waals surface area contributed by atoms with Gasteiger partial charge in [0.15, 0.2) is 0 Å². The van der Waals surface area contributed by atoms with E-state index in [1.807, 2.05) is 0 Å². The zero-order valence-corrected chi connectivity index (χ0v) is 19.5. The van der Waals surface area contributed by atoms with Crippen LogP contribution in [0.15, 0.2) is 12.2 Å². The third-order valence-electron chi connectivity index (χ3n) is 5.91. The lowest BCUT2D eigenvalue weighted by Gasteiger charge is -2.04. The van der Waals surface area contributed by atoms with Crippen molar-refractivity contribution >= 4 is 0 Å². The summed E-state index contributed by atoms with van der Waals surface area (Å²) >= 11 is 0. The van der Waals surface area contributed by atoms with Gasteiger partial charge in [-0.25, -0.2) is 0 Å². The molecule has 2 radical (unpaired) electrons. The second-order valence-corrected chi connectivity index (χ2v) is 8.83. The molecule has 0 aromatic carbocycles. The summed E-state index contributed by atoms with van der Waals surface area (Å²) in [5.41, 5.74) is 0. The molecule has 0 fully saturated rings. The third kappa shape index (κ3) is 25.7. The molecule has 0 saturated carbocycles. The van der Waals surface area contributed by atoms with E-state index in [0.29, 0.717) is 0 Å². The van der Waals surface area contributed by atoms with E-state index in [4.69, 9.17) is 0 Å². The van der Waals surface area contributed by atoms with Crippen molar-refractivity contribution in [3.8, 4) is 0 Å². The Bertz CT molecular complexity index is 278. The molecular weight excluding hydrogens is 336 g/mol. The molecule has 0 aliphatic carbocycles. The quantitative estimate of drug-likeness (QED) is 0.113. The van der Waals surface area contributed by atoms with Crippen LogP contribution in [0.1, 0.15) is 154 Å². The van der Waals surface area contributed by atoms with Gasteiger partial charge in [-0.2, -0.15) is 0 Å². The van der Waals surface area contributed by atoms with Gasteiger partial charge in [-0.05, 0) is 25.7 Å². The lowest BCUT2D eigenvalue weighted by Crippen LogP contribution is -1.84. The van der Waals surface area contributed by atoms with Gasteiger partial charge in [-0.1, -0.05) is 154 Å². The van der Waals surface area contributed by atoms with Gasteiger partial charge in [0.1, 0.15) is 0 Å². The first-order valence-corrected chi connectivity index (χ1v) is 13.1. The minimum atomic E-state index is 1.04. The second kappa shape index (κ2) is 26.7. The smallest absolute Gasteiger partial charge is 0.0351 e. The maximum absolute atomic E-state index is 3.91. The van der Waals surface area contributed by atoms with Crippen molar-refractivity contribution in [2.75, 3.05) is 0 Å². The average molecular weight is 391 g/mol. The summed E-state index contributed by atoms with van der Waals surface area (Å²) in [6.45, 7) is 7.77. The first-order valence-electron chi connectivity index (χ1n) is 13.1. The minimum Gasteiger partial charge on any atom is -0.0885 e. The molecule has 0 saturated heterocycles. The third-order valence-corrected chi connectivity index (χ3v) is 5.91. The highest BCUT2D eigenvalue weighted by atomic mass is 14.0. The first kappa shape index (κ1) is 27.7. The van der Waals surface area contributed by atoms with Gasteiger partial charge in [0.2, 0.25) is 0 Å². The standard InChI is InChI=1S/C28H54/c1-3-5-7-9-11-13-15-17-19-21-23-25-27-28-26-24-22-20-18-16-14-12-10-8-6-4-2/h7,9H,1-6,8,10-28H2/b9-7+. The van der Waals surface area contributed by atoms with Crippen LogP contribution in [0.25, 0.3) is 0 Å². The molecule has 0 atom stereocenters. The fourth-order valence-electron chi connectivity index (χ4n) is 3.97. The van der Waals surface area contributed by atoms with Crippen LogP contribution in [-0.4, -0.2) is 0 Å². The van der Waals surface area contributed by atoms with E-state index in [2.05, 4.69) is 26.0 Å². The minimum absolute atomic E-state index is 1.04. The molecule has 0 heterocycles. The molecule has 166 valence electrons. The first-order chi connectivity index (χ1) is 13.9. The van der Waals surface area contributed by atoms with Crippen molar-refractivity contribution in [1.82, 2.24) is 0 Å². The Kier molecular flexibility index (Phi) is 26.5. The Balaban J connectivity index is 2.99. The van der Waals surface area contributed by atoms with Crippen LogP contribution < -0.4 is 0 Å². The molecule has 28 heavy (non-hydrogen) atoms. The summed E-state index contributed by atoms with van der Waals surface area (Å²) in [5.74, 6) is 0. The number of allylic oxidation sites excluding steroid dienone is 2. The van der Waals surface area contributed by atoms with Gasteiger partial charge in [0.05, 0.1) is 0 Å². The molecular formula is C28H54. The Hall–Kier alpha value is -0.260. The van der Waals surface area contributed by atoms with Gasteiger partial charge in [0, 0.05) is 0 Å². The number of rotatable bonds is 24. The van der Waals surface area contributed by atoms with E-state index in [9.17, 15) is 0 Å². The maximum atomic E-state index is 3.91. The molecule has 0 bridgehead atoms. The van der Waals surface area contributed by atoms with Gasteiger partial charge in [-0.15, -0.1) is 0 Å². The van der Waals surface area contributed by atoms with E-state index in [1.165, 1.54) is 135 Å². The van der Waals surface area contributed by atoms with Gasteiger partial charge < -0.3 is 0 Å². The Morgan fingerprint density at radius 3 is 0.893 bits per heavy atom. The zero-order valence-electron chi connectivity index (χ0n) is 19.5. The summed E-state index contributed by atoms with van der Waals surface area (Å²) in [6, 6.07) is 0. The van der Waals surface area contributed by atoms with Crippen molar-refractivity contribution in [2.45, 2.75) is 154 Å². The molecule has 0 rings (SSSR count). The monoisotopic (exact) mass is 390 g/mol. The highest BCUT2D eigenvalue weighted by Gasteiger charge is 1.95. The van der Waals surface area contributed by atoms with E-state index < -0.39 is 0 Å². The molecule has 0 unspecified atom stereocenters. The van der Waals surface area contributed by atoms with Crippen molar-refractivity contribution in [1.29, 1.82) is 0 Å². The van der Waals surface area contributed by atoms with Gasteiger partial charge in [-0.3, -0.25) is 0 Å². The molecule has 0 aromatic heterocycles. The Morgan fingerprint density at radius 2 is 0.571 bits per heavy atom. The summed E-state index contributed by atoms with van der Waals surface area (Å²) in [4.78, 5) is 0. The maximum Gasteiger partial charge on any atom is -0.0351 e. The number of unbranched alkanes of at least 4 members (excludes halogenated alkanes) is 22.